The molecule has 0 saturated carbocycles. The number of carbonyl (C=O) groups is 2. The van der Waals surface area contributed by atoms with Crippen LogP contribution in [0.5, 0.6) is 0 Å². The molecule has 1 amide bonds. The number of hydrogen-bond donors (Lipinski definition) is 1. The van der Waals surface area contributed by atoms with Crippen LogP contribution in [0.1, 0.15) is 6.42 Å². The van der Waals surface area contributed by atoms with Crippen molar-refractivity contribution in [2.45, 2.75) is 6.42 Å². The Hall–Kier alpha value is -1.91. The molecule has 1 aromatic rings. The van der Waals surface area contributed by atoms with E-state index in [4.69, 9.17) is 5.11 Å². The molecule has 1 fully saturated rings. The van der Waals surface area contributed by atoms with E-state index in [2.05, 4.69) is 0 Å². The van der Waals surface area contributed by atoms with E-state index >= 15 is 0 Å². The summed E-state index contributed by atoms with van der Waals surface area (Å²) in [7, 11) is 0. The Morgan fingerprint density at radius 2 is 2.25 bits per heavy atom. The molecule has 16 heavy (non-hydrogen) atoms. The summed E-state index contributed by atoms with van der Waals surface area (Å²) in [5.41, 5.74) is 0.411. The van der Waals surface area contributed by atoms with Crippen LogP contribution < -0.4 is 4.90 Å². The van der Waals surface area contributed by atoms with Crippen molar-refractivity contribution >= 4 is 17.6 Å². The first-order valence-electron chi connectivity index (χ1n) is 4.86. The lowest BCUT2D eigenvalue weighted by Crippen LogP contribution is -2.25. The quantitative estimate of drug-likeness (QED) is 0.821. The molecule has 2 rings (SSSR count). The van der Waals surface area contributed by atoms with Gasteiger partial charge in [0.2, 0.25) is 5.91 Å². The second-order valence-corrected chi connectivity index (χ2v) is 3.72. The van der Waals surface area contributed by atoms with Gasteiger partial charge in [-0.25, -0.2) is 4.39 Å². The van der Waals surface area contributed by atoms with Crippen molar-refractivity contribution < 1.29 is 19.1 Å². The molecule has 1 aliphatic heterocycles. The molecular weight excluding hydrogens is 213 g/mol. The number of anilines is 1. The van der Waals surface area contributed by atoms with Crippen LogP contribution in [0.25, 0.3) is 0 Å². The summed E-state index contributed by atoms with van der Waals surface area (Å²) in [5, 5.41) is 8.80. The van der Waals surface area contributed by atoms with Crippen molar-refractivity contribution in [2.24, 2.45) is 5.92 Å². The number of carbonyl (C=O) groups excluding carboxylic acids is 1. The highest BCUT2D eigenvalue weighted by molar-refractivity contribution is 5.99. The maximum atomic E-state index is 12.9. The molecule has 1 aliphatic rings. The first-order valence-corrected chi connectivity index (χ1v) is 4.86. The Kier molecular flexibility index (Phi) is 2.60. The predicted molar refractivity (Wildman–Crippen MR) is 54.5 cm³/mol. The molecule has 1 atom stereocenters. The number of benzene rings is 1. The van der Waals surface area contributed by atoms with Crippen LogP contribution in [-0.2, 0) is 9.59 Å². The summed E-state index contributed by atoms with van der Waals surface area (Å²) < 4.78 is 12.9. The van der Waals surface area contributed by atoms with Gasteiger partial charge < -0.3 is 10.0 Å². The third kappa shape index (κ3) is 1.88. The van der Waals surface area contributed by atoms with E-state index in [1.54, 1.807) is 6.07 Å². The van der Waals surface area contributed by atoms with Gasteiger partial charge in [0, 0.05) is 18.7 Å². The number of amides is 1. The Bertz CT molecular complexity index is 447. The largest absolute Gasteiger partial charge is 0.481 e. The number of carboxylic acid groups (broad SMARTS) is 1. The molecule has 1 N–H and O–H groups in total. The Morgan fingerprint density at radius 1 is 1.50 bits per heavy atom. The van der Waals surface area contributed by atoms with Gasteiger partial charge in [-0.1, -0.05) is 6.07 Å². The summed E-state index contributed by atoms with van der Waals surface area (Å²) >= 11 is 0. The standard InChI is InChI=1S/C11H10FNO3/c12-8-2-1-3-9(5-8)13-6-7(11(15)16)4-10(13)14/h1-3,5,7H,4,6H2,(H,15,16)/t7-/m0/s1. The van der Waals surface area contributed by atoms with Crippen LogP contribution in [0, 0.1) is 11.7 Å². The zero-order valence-corrected chi connectivity index (χ0v) is 8.39. The third-order valence-corrected chi connectivity index (χ3v) is 2.59. The fourth-order valence-corrected chi connectivity index (χ4v) is 1.77. The fraction of sp³-hybridized carbons (Fsp3) is 0.273. The summed E-state index contributed by atoms with van der Waals surface area (Å²) in [6, 6.07) is 5.58. The zero-order valence-electron chi connectivity index (χ0n) is 8.39. The summed E-state index contributed by atoms with van der Waals surface area (Å²) in [6.45, 7) is 0.109. The highest BCUT2D eigenvalue weighted by Gasteiger charge is 2.35. The van der Waals surface area contributed by atoms with E-state index in [-0.39, 0.29) is 18.9 Å². The fourth-order valence-electron chi connectivity index (χ4n) is 1.77. The van der Waals surface area contributed by atoms with Gasteiger partial charge in [0.15, 0.2) is 0 Å². The van der Waals surface area contributed by atoms with Crippen molar-refractivity contribution in [1.82, 2.24) is 0 Å². The molecule has 0 aliphatic carbocycles. The lowest BCUT2D eigenvalue weighted by molar-refractivity contribution is -0.141. The topological polar surface area (TPSA) is 57.6 Å². The van der Waals surface area contributed by atoms with Gasteiger partial charge in [-0.2, -0.15) is 0 Å². The van der Waals surface area contributed by atoms with Crippen molar-refractivity contribution in [3.8, 4) is 0 Å². The van der Waals surface area contributed by atoms with Gasteiger partial charge in [0.05, 0.1) is 5.92 Å². The van der Waals surface area contributed by atoms with Gasteiger partial charge in [0.1, 0.15) is 5.82 Å². The monoisotopic (exact) mass is 223 g/mol. The second-order valence-electron chi connectivity index (χ2n) is 3.72. The van der Waals surface area contributed by atoms with Crippen molar-refractivity contribution in [3.05, 3.63) is 30.1 Å². The first-order chi connectivity index (χ1) is 7.58. The van der Waals surface area contributed by atoms with Crippen molar-refractivity contribution in [3.63, 3.8) is 0 Å². The molecule has 4 nitrogen and oxygen atoms in total. The Labute approximate surface area is 91.3 Å². The molecule has 0 radical (unpaired) electrons. The Morgan fingerprint density at radius 3 is 2.81 bits per heavy atom. The number of aliphatic carboxylic acids is 1. The number of nitrogens with zero attached hydrogens (tertiary/aromatic N) is 1. The highest BCUT2D eigenvalue weighted by Crippen LogP contribution is 2.25. The SMILES string of the molecule is O=C(O)[C@H]1CC(=O)N(c2cccc(F)c2)C1. The molecule has 1 aromatic carbocycles. The van der Waals surface area contributed by atoms with Gasteiger partial charge in [0.25, 0.3) is 0 Å². The van der Waals surface area contributed by atoms with Gasteiger partial charge >= 0.3 is 5.97 Å². The summed E-state index contributed by atoms with van der Waals surface area (Å²) in [4.78, 5) is 23.6. The summed E-state index contributed by atoms with van der Waals surface area (Å²) in [6.07, 6.45) is -0.0220. The van der Waals surface area contributed by atoms with Crippen molar-refractivity contribution in [1.29, 1.82) is 0 Å². The van der Waals surface area contributed by atoms with E-state index in [0.717, 1.165) is 0 Å². The van der Waals surface area contributed by atoms with Crippen LogP contribution >= 0.6 is 0 Å². The first kappa shape index (κ1) is 10.6. The third-order valence-electron chi connectivity index (χ3n) is 2.59. The second kappa shape index (κ2) is 3.92. The maximum absolute atomic E-state index is 12.9. The van der Waals surface area contributed by atoms with E-state index in [1.165, 1.54) is 23.1 Å². The average Bonchev–Trinajstić information content (AvgIpc) is 2.60. The lowest BCUT2D eigenvalue weighted by atomic mass is 10.1. The molecule has 0 unspecified atom stereocenters. The zero-order chi connectivity index (χ0) is 11.7. The van der Waals surface area contributed by atoms with E-state index < -0.39 is 17.7 Å². The van der Waals surface area contributed by atoms with Crippen LogP contribution in [0.4, 0.5) is 10.1 Å². The molecule has 1 heterocycles. The smallest absolute Gasteiger partial charge is 0.308 e. The van der Waals surface area contributed by atoms with Gasteiger partial charge in [-0.3, -0.25) is 9.59 Å². The van der Waals surface area contributed by atoms with Crippen molar-refractivity contribution in [2.75, 3.05) is 11.4 Å². The number of halogens is 1. The average molecular weight is 223 g/mol. The highest BCUT2D eigenvalue weighted by atomic mass is 19.1. The number of carboxylic acids is 1. The predicted octanol–water partition coefficient (Wildman–Crippen LogP) is 1.26. The number of rotatable bonds is 2. The van der Waals surface area contributed by atoms with Crippen LogP contribution in [0.2, 0.25) is 0 Å². The molecule has 0 spiro atoms. The van der Waals surface area contributed by atoms with Gasteiger partial charge in [-0.05, 0) is 18.2 Å². The lowest BCUT2D eigenvalue weighted by Gasteiger charge is -2.15. The number of hydrogen-bond acceptors (Lipinski definition) is 2. The molecular formula is C11H10FNO3. The van der Waals surface area contributed by atoms with Crippen LogP contribution in [0.3, 0.4) is 0 Å². The Balaban J connectivity index is 2.23. The molecule has 84 valence electrons. The van der Waals surface area contributed by atoms with E-state index in [1.807, 2.05) is 0 Å². The van der Waals surface area contributed by atoms with Crippen LogP contribution in [-0.4, -0.2) is 23.5 Å². The normalized spacial score (nSPS) is 20.2. The molecule has 0 bridgehead atoms. The molecule has 0 aromatic heterocycles. The molecule has 5 heteroatoms. The minimum Gasteiger partial charge on any atom is -0.481 e. The van der Waals surface area contributed by atoms with Crippen LogP contribution in [0.15, 0.2) is 24.3 Å². The van der Waals surface area contributed by atoms with E-state index in [0.29, 0.717) is 5.69 Å². The van der Waals surface area contributed by atoms with Gasteiger partial charge in [-0.15, -0.1) is 0 Å². The summed E-state index contributed by atoms with van der Waals surface area (Å²) in [5.74, 6) is -2.41. The van der Waals surface area contributed by atoms with E-state index in [9.17, 15) is 14.0 Å². The minimum absolute atomic E-state index is 0.0220. The minimum atomic E-state index is -0.993. The maximum Gasteiger partial charge on any atom is 0.308 e. The molecule has 1 saturated heterocycles.